The zero-order valence-corrected chi connectivity index (χ0v) is 16.8. The molecule has 0 aliphatic carbocycles. The first-order chi connectivity index (χ1) is 16.8. The number of aromatic nitrogens is 2. The van der Waals surface area contributed by atoms with E-state index in [1.807, 2.05) is 0 Å². The number of hydrogen-bond donors (Lipinski definition) is 0. The van der Waals surface area contributed by atoms with Crippen molar-refractivity contribution < 1.29 is 29.5 Å². The van der Waals surface area contributed by atoms with Gasteiger partial charge in [0.05, 0.1) is 19.7 Å². The number of fused-ring (bicyclic) bond motifs is 6. The predicted octanol–water partition coefficient (Wildman–Crippen LogP) is 3.39. The van der Waals surface area contributed by atoms with E-state index in [4.69, 9.17) is 0 Å². The molecule has 4 aromatic rings. The maximum Gasteiger partial charge on any atom is 0.443 e. The van der Waals surface area contributed by atoms with Crippen molar-refractivity contribution in [1.82, 2.24) is 9.97 Å². The summed E-state index contributed by atoms with van der Waals surface area (Å²) in [5.41, 5.74) is -5.67. The lowest BCUT2D eigenvalue weighted by atomic mass is 9.97. The van der Waals surface area contributed by atoms with E-state index in [0.717, 1.165) is 0 Å². The lowest BCUT2D eigenvalue weighted by Gasteiger charge is -2.06. The van der Waals surface area contributed by atoms with Gasteiger partial charge in [0.1, 0.15) is 0 Å². The van der Waals surface area contributed by atoms with Crippen LogP contribution >= 0.6 is 0 Å². The highest BCUT2D eigenvalue weighted by molar-refractivity contribution is 6.25. The topological polar surface area (TPSA) is 285 Å². The minimum absolute atomic E-state index is 0.342. The molecule has 0 aliphatic heterocycles. The van der Waals surface area contributed by atoms with E-state index in [1.165, 1.54) is 0 Å². The van der Waals surface area contributed by atoms with Gasteiger partial charge in [0.15, 0.2) is 0 Å². The summed E-state index contributed by atoms with van der Waals surface area (Å²) in [5.74, 6) is -2.63. The molecule has 2 aromatic heterocycles. The maximum atomic E-state index is 11.5. The molecule has 0 N–H and O–H groups in total. The monoisotopic (exact) mass is 500 g/mol. The fourth-order valence-electron chi connectivity index (χ4n) is 3.61. The van der Waals surface area contributed by atoms with E-state index in [2.05, 4.69) is 9.97 Å². The Hall–Kier alpha value is -6.08. The van der Waals surface area contributed by atoms with Crippen LogP contribution in [0.5, 0.6) is 0 Å². The molecule has 36 heavy (non-hydrogen) atoms. The Bertz CT molecular complexity index is 1410. The molecule has 20 nitrogen and oxygen atoms in total. The molecule has 0 spiro atoms. The van der Waals surface area contributed by atoms with E-state index in [1.54, 1.807) is 0 Å². The van der Waals surface area contributed by atoms with Gasteiger partial charge in [-0.05, 0) is 19.8 Å². The van der Waals surface area contributed by atoms with Gasteiger partial charge in [-0.3, -0.25) is 40.5 Å². The van der Waals surface area contributed by atoms with E-state index < -0.39 is 85.7 Å². The minimum Gasteiger partial charge on any atom is -0.358 e. The van der Waals surface area contributed by atoms with Crippen LogP contribution in [0.15, 0.2) is 24.3 Å². The highest BCUT2D eigenvalue weighted by atomic mass is 16.7. The van der Waals surface area contributed by atoms with Crippen molar-refractivity contribution in [3.8, 4) is 0 Å². The largest absolute Gasteiger partial charge is 0.443 e. The van der Waals surface area contributed by atoms with Gasteiger partial charge in [0.2, 0.25) is 11.0 Å². The summed E-state index contributed by atoms with van der Waals surface area (Å²) in [6.45, 7) is 0. The number of nitro groups is 6. The smallest absolute Gasteiger partial charge is 0.358 e. The van der Waals surface area contributed by atoms with Crippen LogP contribution in [0, 0.1) is 60.7 Å². The molecule has 0 amide bonds. The van der Waals surface area contributed by atoms with Gasteiger partial charge in [-0.25, -0.2) is 0 Å². The Labute approximate surface area is 192 Å². The fraction of sp³-hybridized carbons (Fsp3) is 0. The standard InChI is InChI=1S/C16H4N8O12/c25-19(26)9-1-5-6(2-10(9)20(27)28)8-4-12(22(31)32)16(24(35)36)18-14(8)13-7(5)3-11(21(29)30)15(17-13)23(33)34/h1-4H. The number of benzene rings is 2. The van der Waals surface area contributed by atoms with Gasteiger partial charge in [-0.15, -0.1) is 0 Å². The lowest BCUT2D eigenvalue weighted by Crippen LogP contribution is -2.04. The Morgan fingerprint density at radius 2 is 0.694 bits per heavy atom. The average Bonchev–Trinajstić information content (AvgIpc) is 2.81. The van der Waals surface area contributed by atoms with Gasteiger partial charge in [0, 0.05) is 45.8 Å². The third-order valence-corrected chi connectivity index (χ3v) is 5.02. The van der Waals surface area contributed by atoms with Crippen molar-refractivity contribution in [2.75, 3.05) is 0 Å². The Kier molecular flexibility index (Phi) is 4.97. The summed E-state index contributed by atoms with van der Waals surface area (Å²) in [6.07, 6.45) is 0. The predicted molar refractivity (Wildman–Crippen MR) is 114 cm³/mol. The second kappa shape index (κ2) is 7.75. The molecule has 0 saturated carbocycles. The van der Waals surface area contributed by atoms with E-state index in [-0.39, 0.29) is 10.8 Å². The van der Waals surface area contributed by atoms with Crippen LogP contribution in [-0.4, -0.2) is 39.5 Å². The number of rotatable bonds is 6. The first-order valence-electron chi connectivity index (χ1n) is 8.99. The number of nitrogens with zero attached hydrogens (tertiary/aromatic N) is 8. The molecule has 4 rings (SSSR count). The number of nitro benzene ring substituents is 2. The summed E-state index contributed by atoms with van der Waals surface area (Å²) in [6, 6.07) is 2.49. The third-order valence-electron chi connectivity index (χ3n) is 5.02. The van der Waals surface area contributed by atoms with Crippen LogP contribution in [0.1, 0.15) is 0 Å². The molecular formula is C16H4N8O12. The van der Waals surface area contributed by atoms with Gasteiger partial charge >= 0.3 is 34.4 Å². The van der Waals surface area contributed by atoms with Crippen LogP contribution in [-0.2, 0) is 0 Å². The minimum atomic E-state index is -1.31. The Morgan fingerprint density at radius 1 is 0.417 bits per heavy atom. The summed E-state index contributed by atoms with van der Waals surface area (Å²) >= 11 is 0. The van der Waals surface area contributed by atoms with Crippen molar-refractivity contribution in [3.63, 3.8) is 0 Å². The van der Waals surface area contributed by atoms with Crippen molar-refractivity contribution in [3.05, 3.63) is 85.0 Å². The van der Waals surface area contributed by atoms with Gasteiger partial charge < -0.3 is 20.2 Å². The summed E-state index contributed by atoms with van der Waals surface area (Å²) in [4.78, 5) is 68.7. The molecule has 0 saturated heterocycles. The molecular weight excluding hydrogens is 496 g/mol. The van der Waals surface area contributed by atoms with Crippen LogP contribution < -0.4 is 0 Å². The van der Waals surface area contributed by atoms with Crippen molar-refractivity contribution in [2.24, 2.45) is 0 Å². The van der Waals surface area contributed by atoms with Crippen molar-refractivity contribution in [1.29, 1.82) is 0 Å². The summed E-state index contributed by atoms with van der Waals surface area (Å²) in [7, 11) is 0. The van der Waals surface area contributed by atoms with Crippen LogP contribution in [0.2, 0.25) is 0 Å². The van der Waals surface area contributed by atoms with Gasteiger partial charge in [0.25, 0.3) is 0 Å². The molecule has 0 bridgehead atoms. The molecule has 20 heteroatoms. The third kappa shape index (κ3) is 3.33. The average molecular weight is 500 g/mol. The van der Waals surface area contributed by atoms with Gasteiger partial charge in [-0.2, -0.15) is 0 Å². The molecule has 2 aromatic carbocycles. The van der Waals surface area contributed by atoms with E-state index in [0.29, 0.717) is 24.3 Å². The van der Waals surface area contributed by atoms with Crippen LogP contribution in [0.25, 0.3) is 32.6 Å². The second-order valence-corrected chi connectivity index (χ2v) is 6.88. The number of pyridine rings is 2. The molecule has 0 aliphatic rings. The SMILES string of the molecule is O=[N+]([O-])c1cc2c(cc1[N+](=O)[O-])c1cc([N+](=O)[O-])c([N+](=O)[O-])nc1c1nc([N+](=O)[O-])c([N+](=O)[O-])cc21. The second-order valence-electron chi connectivity index (χ2n) is 6.88. The lowest BCUT2D eigenvalue weighted by molar-refractivity contribution is -0.425. The summed E-state index contributed by atoms with van der Waals surface area (Å²) in [5, 5.41) is 67.1. The molecule has 2 heterocycles. The molecule has 180 valence electrons. The van der Waals surface area contributed by atoms with E-state index >= 15 is 0 Å². The molecule has 0 atom stereocenters. The van der Waals surface area contributed by atoms with Crippen molar-refractivity contribution >= 4 is 67.0 Å². The fourth-order valence-corrected chi connectivity index (χ4v) is 3.61. The van der Waals surface area contributed by atoms with Crippen molar-refractivity contribution in [2.45, 2.75) is 0 Å². The van der Waals surface area contributed by atoms with Crippen LogP contribution in [0.4, 0.5) is 34.4 Å². The number of hydrogen-bond acceptors (Lipinski definition) is 14. The summed E-state index contributed by atoms with van der Waals surface area (Å²) < 4.78 is 0. The molecule has 0 unspecified atom stereocenters. The first kappa shape index (κ1) is 23.1. The Balaban J connectivity index is 2.42. The molecule has 0 radical (unpaired) electrons. The first-order valence-corrected chi connectivity index (χ1v) is 8.99. The highest BCUT2D eigenvalue weighted by Gasteiger charge is 2.36. The normalized spacial score (nSPS) is 11.0. The van der Waals surface area contributed by atoms with Crippen LogP contribution in [0.3, 0.4) is 0 Å². The zero-order valence-electron chi connectivity index (χ0n) is 16.8. The Morgan fingerprint density at radius 3 is 0.944 bits per heavy atom. The van der Waals surface area contributed by atoms with E-state index in [9.17, 15) is 60.7 Å². The maximum absolute atomic E-state index is 11.5. The quantitative estimate of drug-likeness (QED) is 0.208. The van der Waals surface area contributed by atoms with Gasteiger partial charge in [-0.1, -0.05) is 0 Å². The highest BCUT2D eigenvalue weighted by Crippen LogP contribution is 2.43. The zero-order chi connectivity index (χ0) is 26.6. The molecule has 0 fully saturated rings.